The summed E-state index contributed by atoms with van der Waals surface area (Å²) in [4.78, 5) is 4.03. The molecule has 76 valence electrons. The van der Waals surface area contributed by atoms with Crippen LogP contribution in [0, 0.1) is 0 Å². The van der Waals surface area contributed by atoms with Gasteiger partial charge in [0.25, 0.3) is 0 Å². The van der Waals surface area contributed by atoms with Crippen molar-refractivity contribution in [3.05, 3.63) is 11.2 Å². The van der Waals surface area contributed by atoms with Gasteiger partial charge in [0.2, 0.25) is 0 Å². The van der Waals surface area contributed by atoms with Crippen LogP contribution in [-0.4, -0.2) is 10.1 Å². The van der Waals surface area contributed by atoms with Crippen LogP contribution in [0.2, 0.25) is 0 Å². The SMILES string of the molecule is CC.CC(C)(O)c1ncc(SN)s1. The van der Waals surface area contributed by atoms with Crippen LogP contribution in [0.4, 0.5) is 0 Å². The van der Waals surface area contributed by atoms with Crippen LogP contribution in [0.5, 0.6) is 0 Å². The first-order chi connectivity index (χ1) is 6.04. The fourth-order valence-electron chi connectivity index (χ4n) is 0.597. The Bertz CT molecular complexity index is 243. The molecule has 1 heterocycles. The molecule has 0 aliphatic carbocycles. The second-order valence-corrected chi connectivity index (χ2v) is 4.63. The van der Waals surface area contributed by atoms with E-state index in [9.17, 15) is 5.11 Å². The van der Waals surface area contributed by atoms with Gasteiger partial charge in [0.15, 0.2) is 0 Å². The Balaban J connectivity index is 0.000000671. The monoisotopic (exact) mass is 220 g/mol. The average Bonchev–Trinajstić information content (AvgIpc) is 2.54. The first-order valence-corrected chi connectivity index (χ1v) is 5.79. The Hall–Kier alpha value is -0.100. The molecule has 0 bridgehead atoms. The standard InChI is InChI=1S/C6H10N2OS2.C2H6/c1-6(2,9)5-8-3-4(10-5)11-7;1-2/h3,9H,7H2,1-2H3;1-2H3. The Morgan fingerprint density at radius 3 is 2.31 bits per heavy atom. The van der Waals surface area contributed by atoms with Gasteiger partial charge in [-0.25, -0.2) is 4.98 Å². The topological polar surface area (TPSA) is 59.1 Å². The van der Waals surface area contributed by atoms with E-state index in [-0.39, 0.29) is 0 Å². The molecule has 1 aromatic rings. The van der Waals surface area contributed by atoms with E-state index in [4.69, 9.17) is 5.14 Å². The highest BCUT2D eigenvalue weighted by atomic mass is 32.2. The Kier molecular flexibility index (Phi) is 5.55. The fraction of sp³-hybridized carbons (Fsp3) is 0.625. The molecule has 0 aliphatic rings. The fourth-order valence-corrected chi connectivity index (χ4v) is 1.79. The lowest BCUT2D eigenvalue weighted by Crippen LogP contribution is -2.14. The van der Waals surface area contributed by atoms with Crippen LogP contribution < -0.4 is 5.14 Å². The Labute approximate surface area is 87.5 Å². The molecule has 0 atom stereocenters. The normalized spacial score (nSPS) is 10.6. The zero-order valence-electron chi connectivity index (χ0n) is 8.37. The number of rotatable bonds is 2. The number of hydrogen-bond donors (Lipinski definition) is 2. The molecule has 0 unspecified atom stereocenters. The van der Waals surface area contributed by atoms with E-state index >= 15 is 0 Å². The molecule has 1 rings (SSSR count). The van der Waals surface area contributed by atoms with Crippen molar-refractivity contribution in [2.45, 2.75) is 37.5 Å². The van der Waals surface area contributed by atoms with E-state index in [0.29, 0.717) is 5.01 Å². The van der Waals surface area contributed by atoms with Gasteiger partial charge in [0, 0.05) is 0 Å². The van der Waals surface area contributed by atoms with Gasteiger partial charge in [0.1, 0.15) is 10.6 Å². The van der Waals surface area contributed by atoms with Crippen molar-refractivity contribution in [3.8, 4) is 0 Å². The first kappa shape index (κ1) is 12.9. The van der Waals surface area contributed by atoms with E-state index in [2.05, 4.69) is 4.98 Å². The largest absolute Gasteiger partial charge is 0.383 e. The highest BCUT2D eigenvalue weighted by molar-refractivity contribution is 7.99. The third-order valence-corrected chi connectivity index (χ3v) is 3.11. The van der Waals surface area contributed by atoms with Crippen molar-refractivity contribution >= 4 is 23.3 Å². The molecule has 0 radical (unpaired) electrons. The second-order valence-electron chi connectivity index (χ2n) is 2.66. The zero-order valence-corrected chi connectivity index (χ0v) is 10.00. The predicted molar refractivity (Wildman–Crippen MR) is 58.8 cm³/mol. The average molecular weight is 220 g/mol. The molecule has 0 saturated heterocycles. The zero-order chi connectivity index (χ0) is 10.5. The van der Waals surface area contributed by atoms with Gasteiger partial charge >= 0.3 is 0 Å². The lowest BCUT2D eigenvalue weighted by atomic mass is 10.2. The molecule has 0 saturated carbocycles. The van der Waals surface area contributed by atoms with Crippen LogP contribution in [0.25, 0.3) is 0 Å². The van der Waals surface area contributed by atoms with Gasteiger partial charge in [-0.2, -0.15) is 0 Å². The molecular formula is C8H16N2OS2. The molecule has 0 fully saturated rings. The van der Waals surface area contributed by atoms with E-state index in [1.54, 1.807) is 20.0 Å². The van der Waals surface area contributed by atoms with E-state index in [1.165, 1.54) is 11.3 Å². The summed E-state index contributed by atoms with van der Waals surface area (Å²) in [6.45, 7) is 7.41. The molecule has 0 aliphatic heterocycles. The molecule has 5 heteroatoms. The maximum absolute atomic E-state index is 9.50. The van der Waals surface area contributed by atoms with Crippen molar-refractivity contribution in [1.82, 2.24) is 4.98 Å². The molecule has 1 aromatic heterocycles. The first-order valence-electron chi connectivity index (χ1n) is 4.09. The summed E-state index contributed by atoms with van der Waals surface area (Å²) in [7, 11) is 0. The van der Waals surface area contributed by atoms with Crippen molar-refractivity contribution in [2.24, 2.45) is 5.14 Å². The third-order valence-electron chi connectivity index (χ3n) is 1.12. The second kappa shape index (κ2) is 5.59. The number of thiazole rings is 1. The van der Waals surface area contributed by atoms with Gasteiger partial charge < -0.3 is 5.11 Å². The summed E-state index contributed by atoms with van der Waals surface area (Å²) < 4.78 is 0.919. The number of aromatic nitrogens is 1. The number of hydrogen-bond acceptors (Lipinski definition) is 5. The predicted octanol–water partition coefficient (Wildman–Crippen LogP) is 2.36. The molecule has 13 heavy (non-hydrogen) atoms. The van der Waals surface area contributed by atoms with Gasteiger partial charge in [-0.1, -0.05) is 13.8 Å². The maximum atomic E-state index is 9.50. The van der Waals surface area contributed by atoms with Crippen LogP contribution in [0.3, 0.4) is 0 Å². The number of aliphatic hydroxyl groups is 1. The summed E-state index contributed by atoms with van der Waals surface area (Å²) in [6, 6.07) is 0. The van der Waals surface area contributed by atoms with Gasteiger partial charge in [-0.3, -0.25) is 5.14 Å². The minimum absolute atomic E-state index is 0.699. The van der Waals surface area contributed by atoms with Crippen molar-refractivity contribution in [3.63, 3.8) is 0 Å². The minimum Gasteiger partial charge on any atom is -0.383 e. The Morgan fingerprint density at radius 2 is 2.08 bits per heavy atom. The smallest absolute Gasteiger partial charge is 0.125 e. The summed E-state index contributed by atoms with van der Waals surface area (Å²) in [5, 5.41) is 15.5. The molecule has 0 aromatic carbocycles. The Morgan fingerprint density at radius 1 is 1.54 bits per heavy atom. The maximum Gasteiger partial charge on any atom is 0.125 e. The van der Waals surface area contributed by atoms with Gasteiger partial charge in [-0.15, -0.1) is 11.3 Å². The lowest BCUT2D eigenvalue weighted by molar-refractivity contribution is 0.0783. The van der Waals surface area contributed by atoms with Gasteiger partial charge in [-0.05, 0) is 25.8 Å². The van der Waals surface area contributed by atoms with Crippen LogP contribution in [-0.2, 0) is 5.60 Å². The molecular weight excluding hydrogens is 204 g/mol. The van der Waals surface area contributed by atoms with E-state index < -0.39 is 5.60 Å². The van der Waals surface area contributed by atoms with Crippen molar-refractivity contribution < 1.29 is 5.11 Å². The highest BCUT2D eigenvalue weighted by Crippen LogP contribution is 2.28. The minimum atomic E-state index is -0.849. The van der Waals surface area contributed by atoms with Crippen LogP contribution in [0.1, 0.15) is 32.7 Å². The quantitative estimate of drug-likeness (QED) is 0.751. The van der Waals surface area contributed by atoms with E-state index in [0.717, 1.165) is 16.2 Å². The summed E-state index contributed by atoms with van der Waals surface area (Å²) in [5.74, 6) is 0. The number of nitrogens with zero attached hydrogens (tertiary/aromatic N) is 1. The van der Waals surface area contributed by atoms with Crippen LogP contribution in [0.15, 0.2) is 10.4 Å². The lowest BCUT2D eigenvalue weighted by Gasteiger charge is -2.11. The molecule has 0 amide bonds. The summed E-state index contributed by atoms with van der Waals surface area (Å²) in [5.41, 5.74) is -0.849. The van der Waals surface area contributed by atoms with Crippen molar-refractivity contribution in [2.75, 3.05) is 0 Å². The van der Waals surface area contributed by atoms with E-state index in [1.807, 2.05) is 13.8 Å². The van der Waals surface area contributed by atoms with Crippen LogP contribution >= 0.6 is 23.3 Å². The highest BCUT2D eigenvalue weighted by Gasteiger charge is 2.19. The summed E-state index contributed by atoms with van der Waals surface area (Å²) in [6.07, 6.45) is 1.67. The summed E-state index contributed by atoms with van der Waals surface area (Å²) >= 11 is 2.57. The third kappa shape index (κ3) is 4.08. The molecule has 0 spiro atoms. The molecule has 3 nitrogen and oxygen atoms in total. The van der Waals surface area contributed by atoms with Crippen molar-refractivity contribution in [1.29, 1.82) is 0 Å². The number of nitrogens with two attached hydrogens (primary N) is 1. The molecule has 3 N–H and O–H groups in total. The van der Waals surface area contributed by atoms with Gasteiger partial charge in [0.05, 0.1) is 10.4 Å².